The molecule has 0 amide bonds. The number of nitrogens with zero attached hydrogens (tertiary/aromatic N) is 1. The Hall–Kier alpha value is -2.70. The van der Waals surface area contributed by atoms with Crippen LogP contribution < -0.4 is 0 Å². The van der Waals surface area contributed by atoms with Crippen LogP contribution in [-0.2, 0) is 26.6 Å². The Balaban J connectivity index is 1.82. The van der Waals surface area contributed by atoms with Crippen LogP contribution in [-0.4, -0.2) is 16.6 Å². The molecule has 1 unspecified atom stereocenters. The van der Waals surface area contributed by atoms with Gasteiger partial charge >= 0.3 is 0 Å². The van der Waals surface area contributed by atoms with E-state index in [1.165, 1.54) is 3.97 Å². The highest BCUT2D eigenvalue weighted by Crippen LogP contribution is 2.27. The van der Waals surface area contributed by atoms with E-state index in [4.69, 9.17) is 0 Å². The second-order valence-corrected chi connectivity index (χ2v) is 9.35. The molecule has 0 spiro atoms. The number of rotatable bonds is 5. The lowest BCUT2D eigenvalue weighted by Crippen LogP contribution is -2.11. The predicted molar refractivity (Wildman–Crippen MR) is 108 cm³/mol. The van der Waals surface area contributed by atoms with E-state index in [9.17, 15) is 12.6 Å². The maximum atomic E-state index is 13.1. The number of hydrogen-bond donors (Lipinski definition) is 0. The van der Waals surface area contributed by atoms with Gasteiger partial charge in [0.25, 0.3) is 10.0 Å². The van der Waals surface area contributed by atoms with Crippen LogP contribution in [0.4, 0.5) is 0 Å². The van der Waals surface area contributed by atoms with Crippen LogP contribution in [0.25, 0.3) is 10.9 Å². The Morgan fingerprint density at radius 1 is 0.778 bits per heavy atom. The van der Waals surface area contributed by atoms with Gasteiger partial charge in [0.2, 0.25) is 0 Å². The zero-order chi connectivity index (χ0) is 18.9. The highest BCUT2D eigenvalue weighted by atomic mass is 32.2. The average molecular weight is 396 g/mol. The third-order valence-electron chi connectivity index (χ3n) is 4.35. The molecule has 0 bridgehead atoms. The first-order chi connectivity index (χ1) is 13.1. The van der Waals surface area contributed by atoms with Crippen LogP contribution in [0.15, 0.2) is 101 Å². The van der Waals surface area contributed by atoms with E-state index >= 15 is 0 Å². The fourth-order valence-electron chi connectivity index (χ4n) is 3.03. The molecule has 0 saturated heterocycles. The molecule has 3 aromatic carbocycles. The van der Waals surface area contributed by atoms with E-state index < -0.39 is 20.8 Å². The molecule has 1 atom stereocenters. The standard InChI is InChI=1S/C21H17NO3S2/c23-26(18-9-3-1-4-10-18)16-17-15-22(21-14-8-7-13-20(17)21)27(24,25)19-11-5-2-6-12-19/h1-15H,16H2. The summed E-state index contributed by atoms with van der Waals surface area (Å²) in [6.45, 7) is 0. The summed E-state index contributed by atoms with van der Waals surface area (Å²) in [5.74, 6) is 0.252. The van der Waals surface area contributed by atoms with Crippen molar-refractivity contribution >= 4 is 31.7 Å². The SMILES string of the molecule is O=S(Cc1cn(S(=O)(=O)c2ccccc2)c2ccccc12)c1ccccc1. The maximum Gasteiger partial charge on any atom is 0.268 e. The van der Waals surface area contributed by atoms with Crippen LogP contribution in [0.5, 0.6) is 0 Å². The molecule has 0 aliphatic rings. The summed E-state index contributed by atoms with van der Waals surface area (Å²) in [6, 6.07) is 24.8. The summed E-state index contributed by atoms with van der Waals surface area (Å²) in [5, 5.41) is 0.793. The Labute approximate surface area is 160 Å². The molecule has 0 saturated carbocycles. The molecular formula is C21H17NO3S2. The summed E-state index contributed by atoms with van der Waals surface area (Å²) in [5.41, 5.74) is 1.33. The zero-order valence-electron chi connectivity index (χ0n) is 14.4. The van der Waals surface area contributed by atoms with Crippen LogP contribution in [0.3, 0.4) is 0 Å². The molecular weight excluding hydrogens is 378 g/mol. The van der Waals surface area contributed by atoms with Gasteiger partial charge in [0, 0.05) is 16.5 Å². The molecule has 136 valence electrons. The molecule has 4 nitrogen and oxygen atoms in total. The number of para-hydroxylation sites is 1. The summed E-state index contributed by atoms with van der Waals surface area (Å²) in [6.07, 6.45) is 1.59. The van der Waals surface area contributed by atoms with Crippen molar-refractivity contribution in [3.8, 4) is 0 Å². The Bertz CT molecular complexity index is 1210. The quantitative estimate of drug-likeness (QED) is 0.509. The smallest absolute Gasteiger partial charge is 0.254 e. The van der Waals surface area contributed by atoms with Gasteiger partial charge in [-0.1, -0.05) is 54.6 Å². The van der Waals surface area contributed by atoms with Gasteiger partial charge in [-0.2, -0.15) is 0 Å². The molecule has 27 heavy (non-hydrogen) atoms. The van der Waals surface area contributed by atoms with Crippen molar-refractivity contribution in [3.63, 3.8) is 0 Å². The van der Waals surface area contributed by atoms with Crippen LogP contribution >= 0.6 is 0 Å². The average Bonchev–Trinajstić information content (AvgIpc) is 3.09. The Kier molecular flexibility index (Phi) is 4.68. The molecule has 0 N–H and O–H groups in total. The van der Waals surface area contributed by atoms with Crippen molar-refractivity contribution < 1.29 is 12.6 Å². The van der Waals surface area contributed by atoms with Crippen LogP contribution in [0.2, 0.25) is 0 Å². The lowest BCUT2D eigenvalue weighted by Gasteiger charge is -2.07. The molecule has 4 rings (SSSR count). The van der Waals surface area contributed by atoms with Gasteiger partial charge < -0.3 is 0 Å². The third kappa shape index (κ3) is 3.34. The molecule has 0 fully saturated rings. The van der Waals surface area contributed by atoms with Gasteiger partial charge in [-0.15, -0.1) is 0 Å². The van der Waals surface area contributed by atoms with E-state index in [-0.39, 0.29) is 10.6 Å². The number of aromatic nitrogens is 1. The first-order valence-electron chi connectivity index (χ1n) is 8.40. The van der Waals surface area contributed by atoms with Gasteiger partial charge in [-0.3, -0.25) is 4.21 Å². The molecule has 1 aromatic heterocycles. The van der Waals surface area contributed by atoms with Crippen molar-refractivity contribution in [2.75, 3.05) is 0 Å². The second kappa shape index (κ2) is 7.13. The van der Waals surface area contributed by atoms with E-state index in [0.29, 0.717) is 5.52 Å². The van der Waals surface area contributed by atoms with Crippen molar-refractivity contribution in [3.05, 3.63) is 96.7 Å². The van der Waals surface area contributed by atoms with E-state index in [1.807, 2.05) is 42.5 Å². The number of benzene rings is 3. The molecule has 0 aliphatic carbocycles. The van der Waals surface area contributed by atoms with Crippen molar-refractivity contribution in [2.45, 2.75) is 15.5 Å². The van der Waals surface area contributed by atoms with Gasteiger partial charge in [-0.25, -0.2) is 12.4 Å². The molecule has 0 aliphatic heterocycles. The minimum Gasteiger partial charge on any atom is -0.254 e. The van der Waals surface area contributed by atoms with Gasteiger partial charge in [-0.05, 0) is 35.9 Å². The number of hydrogen-bond acceptors (Lipinski definition) is 3. The maximum absolute atomic E-state index is 13.1. The third-order valence-corrected chi connectivity index (χ3v) is 7.41. The van der Waals surface area contributed by atoms with Crippen molar-refractivity contribution in [1.82, 2.24) is 3.97 Å². The molecule has 6 heteroatoms. The molecule has 4 aromatic rings. The first kappa shape index (κ1) is 17.7. The lowest BCUT2D eigenvalue weighted by molar-refractivity contribution is 0.589. The summed E-state index contributed by atoms with van der Waals surface area (Å²) in [4.78, 5) is 0.946. The molecule has 0 radical (unpaired) electrons. The summed E-state index contributed by atoms with van der Waals surface area (Å²) >= 11 is 0. The number of fused-ring (bicyclic) bond motifs is 1. The van der Waals surface area contributed by atoms with E-state index in [2.05, 4.69) is 0 Å². The lowest BCUT2D eigenvalue weighted by atomic mass is 10.2. The van der Waals surface area contributed by atoms with E-state index in [0.717, 1.165) is 15.8 Å². The predicted octanol–water partition coefficient (Wildman–Crippen LogP) is 4.19. The highest BCUT2D eigenvalue weighted by molar-refractivity contribution is 7.90. The van der Waals surface area contributed by atoms with E-state index in [1.54, 1.807) is 48.7 Å². The largest absolute Gasteiger partial charge is 0.268 e. The van der Waals surface area contributed by atoms with Crippen LogP contribution in [0, 0.1) is 0 Å². The highest BCUT2D eigenvalue weighted by Gasteiger charge is 2.21. The summed E-state index contributed by atoms with van der Waals surface area (Å²) < 4.78 is 40.2. The topological polar surface area (TPSA) is 56.1 Å². The van der Waals surface area contributed by atoms with Crippen molar-refractivity contribution in [2.24, 2.45) is 0 Å². The normalized spacial score (nSPS) is 12.9. The van der Waals surface area contributed by atoms with Crippen LogP contribution in [0.1, 0.15) is 5.56 Å². The summed E-state index contributed by atoms with van der Waals surface area (Å²) in [7, 11) is -4.98. The fraction of sp³-hybridized carbons (Fsp3) is 0.0476. The van der Waals surface area contributed by atoms with Gasteiger partial charge in [0.1, 0.15) is 0 Å². The van der Waals surface area contributed by atoms with Gasteiger partial charge in [0.05, 0.1) is 27.0 Å². The Morgan fingerprint density at radius 3 is 2.07 bits per heavy atom. The zero-order valence-corrected chi connectivity index (χ0v) is 16.0. The second-order valence-electron chi connectivity index (χ2n) is 6.09. The first-order valence-corrected chi connectivity index (χ1v) is 11.2. The minimum atomic E-state index is -3.73. The molecule has 1 heterocycles. The van der Waals surface area contributed by atoms with Gasteiger partial charge in [0.15, 0.2) is 0 Å². The fourth-order valence-corrected chi connectivity index (χ4v) is 5.59. The minimum absolute atomic E-state index is 0.224. The monoisotopic (exact) mass is 395 g/mol. The van der Waals surface area contributed by atoms with Crippen molar-refractivity contribution in [1.29, 1.82) is 0 Å². The Morgan fingerprint density at radius 2 is 1.37 bits per heavy atom.